The van der Waals surface area contributed by atoms with Crippen LogP contribution in [0.15, 0.2) is 0 Å². The van der Waals surface area contributed by atoms with Gasteiger partial charge in [-0.1, -0.05) is 67.7 Å². The summed E-state index contributed by atoms with van der Waals surface area (Å²) in [4.78, 5) is 0. The van der Waals surface area contributed by atoms with Gasteiger partial charge in [-0.05, 0) is 14.0 Å². The van der Waals surface area contributed by atoms with Crippen LogP contribution < -0.4 is 0 Å². The van der Waals surface area contributed by atoms with Gasteiger partial charge in [-0.15, -0.1) is 5.54 Å². The fourth-order valence-corrected chi connectivity index (χ4v) is 2.94. The highest BCUT2D eigenvalue weighted by molar-refractivity contribution is 14.1. The lowest BCUT2D eigenvalue weighted by Gasteiger charge is -2.31. The Morgan fingerprint density at radius 2 is 1.24 bits per heavy atom. The average molecular weight is 382 g/mol. The third-order valence-corrected chi connectivity index (χ3v) is 12.7. The van der Waals surface area contributed by atoms with E-state index in [4.69, 9.17) is 0 Å². The third-order valence-electron chi connectivity index (χ3n) is 3.97. The average Bonchev–Trinajstić information content (AvgIpc) is 2.00. The summed E-state index contributed by atoms with van der Waals surface area (Å²) in [6.07, 6.45) is 0. The molecular weight excluding hydrogens is 351 g/mol. The van der Waals surface area contributed by atoms with E-state index in [2.05, 4.69) is 99.8 Å². The first kappa shape index (κ1) is 20.0. The third kappa shape index (κ3) is 9.32. The minimum Gasteiger partial charge on any atom is -0.120 e. The Bertz CT molecular complexity index is 269. The van der Waals surface area contributed by atoms with Gasteiger partial charge in [0.2, 0.25) is 0 Å². The fraction of sp³-hybridized carbons (Fsp3) is 0.857. The predicted octanol–water partition coefficient (Wildman–Crippen LogP) is 5.70. The number of halogens is 1. The van der Waals surface area contributed by atoms with Gasteiger partial charge < -0.3 is 0 Å². The molecule has 0 aromatic rings. The first-order valence-corrected chi connectivity index (χ1v) is 13.3. The molecule has 0 N–H and O–H groups in total. The van der Waals surface area contributed by atoms with E-state index in [1.165, 1.54) is 0 Å². The van der Waals surface area contributed by atoms with Crippen LogP contribution in [0.2, 0.25) is 36.3 Å². The van der Waals surface area contributed by atoms with Crippen molar-refractivity contribution in [3.63, 3.8) is 0 Å². The van der Waals surface area contributed by atoms with Crippen molar-refractivity contribution in [1.82, 2.24) is 0 Å². The van der Waals surface area contributed by atoms with Crippen LogP contribution in [0.5, 0.6) is 0 Å². The van der Waals surface area contributed by atoms with Gasteiger partial charge in [0.15, 0.2) is 0 Å². The first-order chi connectivity index (χ1) is 7.25. The molecule has 0 fully saturated rings. The van der Waals surface area contributed by atoms with Gasteiger partial charge in [-0.3, -0.25) is 0 Å². The lowest BCUT2D eigenvalue weighted by molar-refractivity contribution is 0.731. The Balaban J connectivity index is 0. The number of rotatable bonds is 0. The summed E-state index contributed by atoms with van der Waals surface area (Å²) in [5.74, 6) is 0. The zero-order valence-electron chi connectivity index (χ0n) is 13.5. The van der Waals surface area contributed by atoms with Crippen LogP contribution in [0.25, 0.3) is 0 Å². The van der Waals surface area contributed by atoms with Crippen LogP contribution >= 0.6 is 22.6 Å². The molecule has 0 spiro atoms. The Morgan fingerprint density at radius 3 is 1.29 bits per heavy atom. The molecule has 0 saturated heterocycles. The van der Waals surface area contributed by atoms with E-state index in [1.807, 2.05) is 0 Å². The monoisotopic (exact) mass is 382 g/mol. The van der Waals surface area contributed by atoms with Crippen LogP contribution in [-0.4, -0.2) is 16.9 Å². The molecule has 0 aliphatic heterocycles. The second-order valence-corrected chi connectivity index (χ2v) is 17.2. The molecule has 0 saturated carbocycles. The molecule has 0 aromatic heterocycles. The summed E-state index contributed by atoms with van der Waals surface area (Å²) in [5, 5.41) is 1.05. The van der Waals surface area contributed by atoms with Crippen molar-refractivity contribution in [3.05, 3.63) is 0 Å². The fourth-order valence-electron chi connectivity index (χ4n) is 0.306. The van der Waals surface area contributed by atoms with E-state index >= 15 is 0 Å². The van der Waals surface area contributed by atoms with Crippen LogP contribution in [0.1, 0.15) is 41.5 Å². The topological polar surface area (TPSA) is 0 Å². The second-order valence-electron chi connectivity index (χ2n) is 7.62. The maximum Gasteiger partial charge on any atom is 0.138 e. The van der Waals surface area contributed by atoms with Gasteiger partial charge in [-0.25, -0.2) is 0 Å². The molecule has 0 atom stereocenters. The molecule has 0 unspecified atom stereocenters. The lowest BCUT2D eigenvalue weighted by atomic mass is 10.2. The highest BCUT2D eigenvalue weighted by Crippen LogP contribution is 2.35. The lowest BCUT2D eigenvalue weighted by Crippen LogP contribution is -2.35. The second kappa shape index (κ2) is 7.35. The smallest absolute Gasteiger partial charge is 0.120 e. The molecule has 3 heteroatoms. The Hall–Kier alpha value is 0.724. The van der Waals surface area contributed by atoms with E-state index in [0.717, 1.165) is 0 Å². The Labute approximate surface area is 126 Å². The highest BCUT2D eigenvalue weighted by atomic mass is 127. The molecule has 0 aliphatic carbocycles. The van der Waals surface area contributed by atoms with Gasteiger partial charge in [0.1, 0.15) is 8.07 Å². The van der Waals surface area contributed by atoms with Crippen molar-refractivity contribution in [2.24, 2.45) is 0 Å². The summed E-state index contributed by atoms with van der Waals surface area (Å²) in [7, 11) is -1.63. The predicted molar refractivity (Wildman–Crippen MR) is 97.6 cm³/mol. The normalized spacial score (nSPS) is 12.5. The van der Waals surface area contributed by atoms with Crippen molar-refractivity contribution in [2.75, 3.05) is 0 Å². The SMILES string of the molecule is CC(C)(C)[Si](C)(C)C#CI.C[SiH](C)C(C)(C)C. The van der Waals surface area contributed by atoms with Gasteiger partial charge in [0, 0.05) is 31.4 Å². The Morgan fingerprint density at radius 1 is 0.941 bits per heavy atom. The van der Waals surface area contributed by atoms with Gasteiger partial charge in [0.25, 0.3) is 0 Å². The number of hydrogen-bond acceptors (Lipinski definition) is 0. The molecule has 17 heavy (non-hydrogen) atoms. The minimum absolute atomic E-state index is 0.359. The summed E-state index contributed by atoms with van der Waals surface area (Å²) in [5.41, 5.74) is 3.34. The number of hydrogen-bond donors (Lipinski definition) is 0. The largest absolute Gasteiger partial charge is 0.138 e. The van der Waals surface area contributed by atoms with Crippen LogP contribution in [0.3, 0.4) is 0 Å². The van der Waals surface area contributed by atoms with Crippen molar-refractivity contribution in [2.45, 2.75) is 77.8 Å². The molecule has 102 valence electrons. The van der Waals surface area contributed by atoms with Crippen LogP contribution in [-0.2, 0) is 0 Å². The molecule has 0 aliphatic rings. The van der Waals surface area contributed by atoms with E-state index in [0.29, 0.717) is 10.1 Å². The zero-order valence-corrected chi connectivity index (χ0v) is 17.8. The highest BCUT2D eigenvalue weighted by Gasteiger charge is 2.33. The van der Waals surface area contributed by atoms with E-state index in [9.17, 15) is 0 Å². The van der Waals surface area contributed by atoms with Gasteiger partial charge in [-0.2, -0.15) is 0 Å². The zero-order chi connectivity index (χ0) is 14.5. The van der Waals surface area contributed by atoms with Crippen molar-refractivity contribution in [1.29, 1.82) is 0 Å². The summed E-state index contributed by atoms with van der Waals surface area (Å²) >= 11 is 2.13. The molecule has 0 heterocycles. The van der Waals surface area contributed by atoms with Crippen molar-refractivity contribution >= 4 is 39.5 Å². The van der Waals surface area contributed by atoms with Gasteiger partial charge in [0.05, 0.1) is 0 Å². The van der Waals surface area contributed by atoms with Crippen molar-refractivity contribution < 1.29 is 0 Å². The maximum atomic E-state index is 3.34. The van der Waals surface area contributed by atoms with Crippen molar-refractivity contribution in [3.8, 4) is 9.47 Å². The molecular formula is C14H31ISi2. The molecule has 0 amide bonds. The summed E-state index contributed by atoms with van der Waals surface area (Å²) < 4.78 is 3.00. The summed E-state index contributed by atoms with van der Waals surface area (Å²) in [6, 6.07) is 0. The molecule has 0 aromatic carbocycles. The van der Waals surface area contributed by atoms with E-state index in [1.54, 1.807) is 0 Å². The molecule has 0 rings (SSSR count). The Kier molecular flexibility index (Phi) is 8.66. The summed E-state index contributed by atoms with van der Waals surface area (Å²) in [6.45, 7) is 23.2. The van der Waals surface area contributed by atoms with Crippen LogP contribution in [0, 0.1) is 9.47 Å². The molecule has 0 radical (unpaired) electrons. The maximum absolute atomic E-state index is 3.34. The quantitative estimate of drug-likeness (QED) is 0.286. The molecule has 0 nitrogen and oxygen atoms in total. The standard InChI is InChI=1S/C8H15ISi.C6H16Si/c1-8(2,3)10(4,5)7-6-9;1-6(2,3)7(4)5/h1-5H3;7H,1-5H3. The van der Waals surface area contributed by atoms with E-state index in [-0.39, 0.29) is 8.80 Å². The minimum atomic E-state index is -1.27. The molecule has 0 bridgehead atoms. The first-order valence-electron chi connectivity index (χ1n) is 6.38. The van der Waals surface area contributed by atoms with Gasteiger partial charge >= 0.3 is 0 Å². The van der Waals surface area contributed by atoms with E-state index < -0.39 is 8.07 Å². The van der Waals surface area contributed by atoms with Crippen LogP contribution in [0.4, 0.5) is 0 Å².